The summed E-state index contributed by atoms with van der Waals surface area (Å²) in [6, 6.07) is 10.0. The fraction of sp³-hybridized carbons (Fsp3) is 0.333. The molecule has 0 aliphatic heterocycles. The van der Waals surface area contributed by atoms with Crippen LogP contribution in [-0.2, 0) is 11.4 Å². The number of anilines is 1. The summed E-state index contributed by atoms with van der Waals surface area (Å²) in [5.41, 5.74) is 6.18. The lowest BCUT2D eigenvalue weighted by Crippen LogP contribution is -2.18. The molecule has 0 radical (unpaired) electrons. The van der Waals surface area contributed by atoms with Gasteiger partial charge in [0.1, 0.15) is 12.4 Å². The molecule has 0 aliphatic carbocycles. The maximum atomic E-state index is 8.94. The Kier molecular flexibility index (Phi) is 11.5. The largest absolute Gasteiger partial charge is 0.487 e. The number of rotatable bonds is 5. The predicted octanol–water partition coefficient (Wildman–Crippen LogP) is 2.95. The summed E-state index contributed by atoms with van der Waals surface area (Å²) in [5, 5.41) is 3.19. The molecule has 0 bridgehead atoms. The maximum Gasteiger partial charge on any atom is 0.221 e. The number of aryl methyl sites for hydroxylation is 2. The topological polar surface area (TPSA) is 89.3 Å². The number of carbonyl (C=O) groups is 1. The Bertz CT molecular complexity index is 603. The van der Waals surface area contributed by atoms with E-state index in [1.165, 1.54) is 11.1 Å². The quantitative estimate of drug-likeness (QED) is 0.339. The van der Waals surface area contributed by atoms with Gasteiger partial charge < -0.3 is 10.1 Å². The Hall–Kier alpha value is -2.60. The van der Waals surface area contributed by atoms with Crippen molar-refractivity contribution in [3.8, 4) is 5.75 Å². The molecule has 0 atom stereocenters. The lowest BCUT2D eigenvalue weighted by atomic mass is 10.1. The summed E-state index contributed by atoms with van der Waals surface area (Å²) in [4.78, 5) is 13.2. The van der Waals surface area contributed by atoms with Crippen molar-refractivity contribution in [3.63, 3.8) is 0 Å². The second-order valence-corrected chi connectivity index (χ2v) is 4.51. The molecule has 6 nitrogen and oxygen atoms in total. The van der Waals surface area contributed by atoms with Crippen LogP contribution >= 0.6 is 0 Å². The highest BCUT2D eigenvalue weighted by Crippen LogP contribution is 2.22. The summed E-state index contributed by atoms with van der Waals surface area (Å²) in [6.45, 7) is 8.59. The molecule has 0 spiro atoms. The van der Waals surface area contributed by atoms with E-state index in [0.29, 0.717) is 13.0 Å². The predicted molar refractivity (Wildman–Crippen MR) is 98.8 cm³/mol. The van der Waals surface area contributed by atoms with Crippen LogP contribution in [0.5, 0.6) is 5.75 Å². The molecule has 0 saturated carbocycles. The number of amides is 1. The van der Waals surface area contributed by atoms with E-state index in [2.05, 4.69) is 35.2 Å². The number of benzene rings is 1. The zero-order valence-corrected chi connectivity index (χ0v) is 15.1. The first-order chi connectivity index (χ1) is 11.6. The summed E-state index contributed by atoms with van der Waals surface area (Å²) < 4.78 is 5.84. The van der Waals surface area contributed by atoms with Gasteiger partial charge in [0.15, 0.2) is 0 Å². The Morgan fingerprint density at radius 3 is 2.42 bits per heavy atom. The number of hydrazine groups is 1. The molecule has 1 heterocycles. The average molecular weight is 332 g/mol. The number of pyridine rings is 1. The average Bonchev–Trinajstić information content (AvgIpc) is 2.63. The van der Waals surface area contributed by atoms with Gasteiger partial charge in [-0.1, -0.05) is 26.0 Å². The number of aromatic nitrogens is 1. The van der Waals surface area contributed by atoms with E-state index < -0.39 is 0 Å². The van der Waals surface area contributed by atoms with Gasteiger partial charge in [0, 0.05) is 24.5 Å². The van der Waals surface area contributed by atoms with E-state index in [-0.39, 0.29) is 0 Å². The first kappa shape index (κ1) is 21.4. The van der Waals surface area contributed by atoms with Crippen molar-refractivity contribution < 1.29 is 9.53 Å². The highest BCUT2D eigenvalue weighted by Gasteiger charge is 2.06. The van der Waals surface area contributed by atoms with Crippen molar-refractivity contribution in [1.82, 2.24) is 10.4 Å². The molecule has 24 heavy (non-hydrogen) atoms. The van der Waals surface area contributed by atoms with Gasteiger partial charge in [-0.3, -0.25) is 15.2 Å². The van der Waals surface area contributed by atoms with E-state index in [1.54, 1.807) is 11.6 Å². The summed E-state index contributed by atoms with van der Waals surface area (Å²) in [6.07, 6.45) is 2.18. The van der Waals surface area contributed by atoms with Crippen molar-refractivity contribution in [2.75, 3.05) is 12.4 Å². The fourth-order valence-corrected chi connectivity index (χ4v) is 1.90. The first-order valence-corrected chi connectivity index (χ1v) is 7.84. The minimum absolute atomic E-state index is 0.403. The normalized spacial score (nSPS) is 8.75. The monoisotopic (exact) mass is 332 g/mol. The number of ether oxygens (including phenoxy) is 1. The molecule has 2 aromatic rings. The molecule has 0 aliphatic rings. The third kappa shape index (κ3) is 7.11. The number of hydrogen-bond donors (Lipinski definition) is 3. The molecule has 1 aromatic heterocycles. The molecule has 0 saturated heterocycles. The molecule has 2 rings (SSSR count). The number of nitrogens with one attached hydrogen (secondary N) is 2. The standard InChI is InChI=1S/C15H18N2O.C2H6.CH4N2O/c1-11-6-4-7-14(16-3)13(11)10-18-15-8-5-9-17-12(15)2;1-2;2-3-1-4/h4-9,16H,10H2,1-3H3;1-2H3;1H,2H2,(H,3,4). The summed E-state index contributed by atoms with van der Waals surface area (Å²) >= 11 is 0. The summed E-state index contributed by atoms with van der Waals surface area (Å²) in [5.74, 6) is 5.25. The van der Waals surface area contributed by atoms with Crippen LogP contribution in [0, 0.1) is 13.8 Å². The third-order valence-corrected chi connectivity index (χ3v) is 3.08. The van der Waals surface area contributed by atoms with Gasteiger partial charge in [-0.2, -0.15) is 0 Å². The van der Waals surface area contributed by atoms with Crippen molar-refractivity contribution in [3.05, 3.63) is 53.3 Å². The van der Waals surface area contributed by atoms with Crippen molar-refractivity contribution in [1.29, 1.82) is 0 Å². The van der Waals surface area contributed by atoms with Crippen LogP contribution in [-0.4, -0.2) is 18.4 Å². The van der Waals surface area contributed by atoms with Gasteiger partial charge >= 0.3 is 0 Å². The minimum atomic E-state index is 0.403. The van der Waals surface area contributed by atoms with Gasteiger partial charge in [0.05, 0.1) is 5.69 Å². The van der Waals surface area contributed by atoms with Crippen LogP contribution in [0.3, 0.4) is 0 Å². The van der Waals surface area contributed by atoms with Crippen molar-refractivity contribution in [2.24, 2.45) is 5.84 Å². The number of carbonyl (C=O) groups excluding carboxylic acids is 1. The molecule has 132 valence electrons. The lowest BCUT2D eigenvalue weighted by Gasteiger charge is -2.14. The Labute approximate surface area is 144 Å². The van der Waals surface area contributed by atoms with Crippen LogP contribution in [0.2, 0.25) is 0 Å². The zero-order valence-electron chi connectivity index (χ0n) is 15.1. The van der Waals surface area contributed by atoms with Crippen LogP contribution in [0.25, 0.3) is 0 Å². The van der Waals surface area contributed by atoms with Crippen LogP contribution in [0.15, 0.2) is 36.5 Å². The van der Waals surface area contributed by atoms with Gasteiger partial charge in [-0.15, -0.1) is 0 Å². The van der Waals surface area contributed by atoms with Gasteiger partial charge in [-0.05, 0) is 37.6 Å². The zero-order chi connectivity index (χ0) is 18.4. The van der Waals surface area contributed by atoms with Crippen LogP contribution in [0.4, 0.5) is 5.69 Å². The third-order valence-electron chi connectivity index (χ3n) is 3.08. The van der Waals surface area contributed by atoms with Crippen LogP contribution < -0.4 is 21.3 Å². The summed E-state index contributed by atoms with van der Waals surface area (Å²) in [7, 11) is 1.92. The van der Waals surface area contributed by atoms with Gasteiger partial charge in [0.2, 0.25) is 6.41 Å². The number of nitrogens with two attached hydrogens (primary N) is 1. The molecule has 1 amide bonds. The molecule has 6 heteroatoms. The number of hydrogen-bond acceptors (Lipinski definition) is 5. The lowest BCUT2D eigenvalue weighted by molar-refractivity contribution is -0.109. The molecular formula is C18H28N4O2. The van der Waals surface area contributed by atoms with Crippen molar-refractivity contribution >= 4 is 12.1 Å². The minimum Gasteiger partial charge on any atom is -0.487 e. The highest BCUT2D eigenvalue weighted by molar-refractivity contribution is 5.53. The van der Waals surface area contributed by atoms with E-state index in [9.17, 15) is 0 Å². The number of nitrogens with zero attached hydrogens (tertiary/aromatic N) is 1. The van der Waals surface area contributed by atoms with E-state index >= 15 is 0 Å². The SMILES string of the molecule is CC.CNc1cccc(C)c1COc1cccnc1C.NNC=O. The molecule has 0 unspecified atom stereocenters. The Morgan fingerprint density at radius 1 is 1.21 bits per heavy atom. The first-order valence-electron chi connectivity index (χ1n) is 7.84. The fourth-order valence-electron chi connectivity index (χ4n) is 1.90. The molecule has 0 fully saturated rings. The van der Waals surface area contributed by atoms with E-state index in [4.69, 9.17) is 9.53 Å². The highest BCUT2D eigenvalue weighted by atomic mass is 16.5. The van der Waals surface area contributed by atoms with Gasteiger partial charge in [0.25, 0.3) is 0 Å². The van der Waals surface area contributed by atoms with Crippen molar-refractivity contribution in [2.45, 2.75) is 34.3 Å². The second-order valence-electron chi connectivity index (χ2n) is 4.51. The molecule has 4 N–H and O–H groups in total. The second kappa shape index (κ2) is 12.9. The Morgan fingerprint density at radius 2 is 1.88 bits per heavy atom. The Balaban J connectivity index is 0.000000773. The molecule has 1 aromatic carbocycles. The van der Waals surface area contributed by atoms with E-state index in [1.807, 2.05) is 46.0 Å². The maximum absolute atomic E-state index is 8.94. The smallest absolute Gasteiger partial charge is 0.221 e. The van der Waals surface area contributed by atoms with Gasteiger partial charge in [-0.25, -0.2) is 5.84 Å². The molecular weight excluding hydrogens is 304 g/mol. The van der Waals surface area contributed by atoms with E-state index in [0.717, 1.165) is 17.1 Å². The van der Waals surface area contributed by atoms with Crippen LogP contribution in [0.1, 0.15) is 30.7 Å².